The molecule has 6 heteroatoms. The van der Waals surface area contributed by atoms with Gasteiger partial charge >= 0.3 is 0 Å². The third kappa shape index (κ3) is 2.45. The summed E-state index contributed by atoms with van der Waals surface area (Å²) in [6.07, 6.45) is 5.55. The molecule has 1 amide bonds. The molecule has 1 aliphatic rings. The molecule has 1 aliphatic heterocycles. The van der Waals surface area contributed by atoms with Crippen LogP contribution in [0.25, 0.3) is 16.6 Å². The number of aromatic amines is 1. The van der Waals surface area contributed by atoms with E-state index in [0.717, 1.165) is 41.8 Å². The van der Waals surface area contributed by atoms with E-state index >= 15 is 0 Å². The van der Waals surface area contributed by atoms with E-state index in [1.807, 2.05) is 53.6 Å². The number of carbonyl (C=O) groups is 1. The maximum Gasteiger partial charge on any atom is 0.257 e. The van der Waals surface area contributed by atoms with Gasteiger partial charge in [0.05, 0.1) is 28.3 Å². The molecule has 1 atom stereocenters. The van der Waals surface area contributed by atoms with Crippen molar-refractivity contribution in [1.82, 2.24) is 24.5 Å². The summed E-state index contributed by atoms with van der Waals surface area (Å²) in [6, 6.07) is 13.8. The molecule has 4 heterocycles. The van der Waals surface area contributed by atoms with Crippen molar-refractivity contribution in [2.45, 2.75) is 18.8 Å². The third-order valence-corrected chi connectivity index (χ3v) is 5.16. The highest BCUT2D eigenvalue weighted by atomic mass is 16.2. The number of amides is 1. The van der Waals surface area contributed by atoms with E-state index in [1.165, 1.54) is 0 Å². The van der Waals surface area contributed by atoms with E-state index in [4.69, 9.17) is 4.98 Å². The molecule has 0 unspecified atom stereocenters. The minimum Gasteiger partial charge on any atom is -0.342 e. The molecule has 26 heavy (non-hydrogen) atoms. The summed E-state index contributed by atoms with van der Waals surface area (Å²) in [7, 11) is 0. The molecule has 0 spiro atoms. The predicted octanol–water partition coefficient (Wildman–Crippen LogP) is 3.23. The number of imidazole rings is 1. The van der Waals surface area contributed by atoms with E-state index in [0.29, 0.717) is 12.1 Å². The lowest BCUT2D eigenvalue weighted by molar-refractivity contribution is 0.0707. The van der Waals surface area contributed by atoms with Crippen molar-refractivity contribution >= 4 is 22.5 Å². The number of hydrogen-bond acceptors (Lipinski definition) is 3. The summed E-state index contributed by atoms with van der Waals surface area (Å²) >= 11 is 0. The van der Waals surface area contributed by atoms with E-state index < -0.39 is 0 Å². The fourth-order valence-corrected chi connectivity index (χ4v) is 3.82. The van der Waals surface area contributed by atoms with Crippen LogP contribution in [0.5, 0.6) is 0 Å². The third-order valence-electron chi connectivity index (χ3n) is 5.16. The zero-order chi connectivity index (χ0) is 17.5. The van der Waals surface area contributed by atoms with Crippen molar-refractivity contribution in [2.75, 3.05) is 13.1 Å². The van der Waals surface area contributed by atoms with Crippen LogP contribution in [0, 0.1) is 0 Å². The van der Waals surface area contributed by atoms with Gasteiger partial charge in [0, 0.05) is 25.2 Å². The van der Waals surface area contributed by atoms with Gasteiger partial charge in [-0.05, 0) is 37.1 Å². The topological polar surface area (TPSA) is 66.3 Å². The van der Waals surface area contributed by atoms with Gasteiger partial charge in [-0.15, -0.1) is 0 Å². The molecule has 1 N–H and O–H groups in total. The Morgan fingerprint density at radius 2 is 2.04 bits per heavy atom. The fraction of sp³-hybridized carbons (Fsp3) is 0.250. The minimum atomic E-state index is 0.0482. The molecule has 0 saturated carbocycles. The largest absolute Gasteiger partial charge is 0.342 e. The number of fused-ring (bicyclic) bond motifs is 2. The first-order chi connectivity index (χ1) is 12.8. The summed E-state index contributed by atoms with van der Waals surface area (Å²) < 4.78 is 1.74. The quantitative estimate of drug-likeness (QED) is 0.606. The average molecular weight is 345 g/mol. The zero-order valence-electron chi connectivity index (χ0n) is 14.3. The SMILES string of the molecule is O=C(c1cnn2ccccc12)N1CCC[C@@H](c2nc3ccccc3[nH]2)C1. The zero-order valence-corrected chi connectivity index (χ0v) is 14.3. The van der Waals surface area contributed by atoms with Gasteiger partial charge in [0.1, 0.15) is 5.82 Å². The van der Waals surface area contributed by atoms with Crippen LogP contribution in [0.2, 0.25) is 0 Å². The molecule has 6 nitrogen and oxygen atoms in total. The number of H-pyrrole nitrogens is 1. The van der Waals surface area contributed by atoms with Gasteiger partial charge in [0.15, 0.2) is 0 Å². The van der Waals surface area contributed by atoms with Gasteiger partial charge < -0.3 is 9.88 Å². The first-order valence-electron chi connectivity index (χ1n) is 8.96. The molecular formula is C20H19N5O. The number of piperidine rings is 1. The van der Waals surface area contributed by atoms with Crippen LogP contribution in [-0.4, -0.2) is 43.5 Å². The van der Waals surface area contributed by atoms with Crippen LogP contribution in [0.4, 0.5) is 0 Å². The average Bonchev–Trinajstić information content (AvgIpc) is 3.32. The predicted molar refractivity (Wildman–Crippen MR) is 99.2 cm³/mol. The van der Waals surface area contributed by atoms with Gasteiger partial charge in [0.25, 0.3) is 5.91 Å². The Hall–Kier alpha value is -3.15. The van der Waals surface area contributed by atoms with Crippen LogP contribution in [-0.2, 0) is 0 Å². The summed E-state index contributed by atoms with van der Waals surface area (Å²) in [5.41, 5.74) is 3.54. The Bertz CT molecular complexity index is 1060. The van der Waals surface area contributed by atoms with E-state index in [9.17, 15) is 4.79 Å². The summed E-state index contributed by atoms with van der Waals surface area (Å²) in [4.78, 5) is 23.2. The maximum absolute atomic E-state index is 13.1. The number of aromatic nitrogens is 4. The summed E-state index contributed by atoms with van der Waals surface area (Å²) in [5.74, 6) is 1.26. The number of nitrogens with one attached hydrogen (secondary N) is 1. The number of rotatable bonds is 2. The highest BCUT2D eigenvalue weighted by Crippen LogP contribution is 2.28. The number of pyridine rings is 1. The highest BCUT2D eigenvalue weighted by Gasteiger charge is 2.28. The number of para-hydroxylation sites is 2. The molecule has 1 fully saturated rings. The highest BCUT2D eigenvalue weighted by molar-refractivity contribution is 6.00. The van der Waals surface area contributed by atoms with Crippen LogP contribution in [0.3, 0.4) is 0 Å². The van der Waals surface area contributed by atoms with Crippen molar-refractivity contribution in [3.8, 4) is 0 Å². The number of carbonyl (C=O) groups excluding carboxylic acids is 1. The lowest BCUT2D eigenvalue weighted by Crippen LogP contribution is -2.39. The molecule has 5 rings (SSSR count). The molecular weight excluding hydrogens is 326 g/mol. The second-order valence-corrected chi connectivity index (χ2v) is 6.82. The standard InChI is InChI=1S/C20H19N5O/c26-20(15-12-21-25-11-4-3-9-18(15)25)24-10-5-6-14(13-24)19-22-16-7-1-2-8-17(16)23-19/h1-4,7-9,11-12,14H,5-6,10,13H2,(H,22,23)/t14-/m1/s1. The lowest BCUT2D eigenvalue weighted by Gasteiger charge is -2.31. The van der Waals surface area contributed by atoms with Crippen LogP contribution in [0.15, 0.2) is 54.9 Å². The molecule has 0 aliphatic carbocycles. The molecule has 0 radical (unpaired) electrons. The van der Waals surface area contributed by atoms with Crippen molar-refractivity contribution in [3.05, 3.63) is 66.2 Å². The van der Waals surface area contributed by atoms with Gasteiger partial charge in [0.2, 0.25) is 0 Å². The van der Waals surface area contributed by atoms with Crippen molar-refractivity contribution in [1.29, 1.82) is 0 Å². The van der Waals surface area contributed by atoms with Gasteiger partial charge in [-0.3, -0.25) is 4.79 Å². The first kappa shape index (κ1) is 15.1. The molecule has 4 aromatic rings. The second-order valence-electron chi connectivity index (χ2n) is 6.82. The Balaban J connectivity index is 1.42. The monoisotopic (exact) mass is 345 g/mol. The fourth-order valence-electron chi connectivity index (χ4n) is 3.82. The first-order valence-corrected chi connectivity index (χ1v) is 8.96. The van der Waals surface area contributed by atoms with Crippen LogP contribution in [0.1, 0.15) is 34.9 Å². The molecule has 1 saturated heterocycles. The molecule has 0 bridgehead atoms. The number of nitrogens with zero attached hydrogens (tertiary/aromatic N) is 4. The maximum atomic E-state index is 13.1. The minimum absolute atomic E-state index is 0.0482. The van der Waals surface area contributed by atoms with E-state index in [-0.39, 0.29) is 11.8 Å². The Kier molecular flexibility index (Phi) is 3.48. The van der Waals surface area contributed by atoms with Crippen LogP contribution < -0.4 is 0 Å². The van der Waals surface area contributed by atoms with Crippen molar-refractivity contribution in [2.24, 2.45) is 0 Å². The number of benzene rings is 1. The normalized spacial score (nSPS) is 17.8. The lowest BCUT2D eigenvalue weighted by atomic mass is 9.97. The molecule has 3 aromatic heterocycles. The number of hydrogen-bond donors (Lipinski definition) is 1. The molecule has 1 aromatic carbocycles. The summed E-state index contributed by atoms with van der Waals surface area (Å²) in [5, 5.41) is 4.29. The van der Waals surface area contributed by atoms with Crippen molar-refractivity contribution < 1.29 is 4.79 Å². The number of likely N-dealkylation sites (tertiary alicyclic amines) is 1. The van der Waals surface area contributed by atoms with Gasteiger partial charge in [-0.25, -0.2) is 9.50 Å². The van der Waals surface area contributed by atoms with Gasteiger partial charge in [-0.1, -0.05) is 18.2 Å². The van der Waals surface area contributed by atoms with E-state index in [1.54, 1.807) is 10.7 Å². The van der Waals surface area contributed by atoms with Gasteiger partial charge in [-0.2, -0.15) is 5.10 Å². The smallest absolute Gasteiger partial charge is 0.257 e. The Morgan fingerprint density at radius 3 is 2.96 bits per heavy atom. The van der Waals surface area contributed by atoms with Crippen LogP contribution >= 0.6 is 0 Å². The summed E-state index contributed by atoms with van der Waals surface area (Å²) in [6.45, 7) is 1.46. The van der Waals surface area contributed by atoms with Crippen molar-refractivity contribution in [3.63, 3.8) is 0 Å². The Morgan fingerprint density at radius 1 is 1.15 bits per heavy atom. The molecule has 130 valence electrons. The van der Waals surface area contributed by atoms with E-state index in [2.05, 4.69) is 10.1 Å². The Labute approximate surface area is 150 Å². The second kappa shape index (κ2) is 5.98.